The van der Waals surface area contributed by atoms with Crippen molar-refractivity contribution in [2.45, 2.75) is 39.3 Å². The molecule has 2 aromatic rings. The van der Waals surface area contributed by atoms with Crippen molar-refractivity contribution < 1.29 is 9.52 Å². The Morgan fingerprint density at radius 3 is 3.00 bits per heavy atom. The fraction of sp³-hybridized carbons (Fsp3) is 0.462. The zero-order valence-corrected chi connectivity index (χ0v) is 10.3. The molecule has 2 rings (SSSR count). The van der Waals surface area contributed by atoms with Gasteiger partial charge in [-0.1, -0.05) is 6.92 Å². The van der Waals surface area contributed by atoms with E-state index >= 15 is 0 Å². The van der Waals surface area contributed by atoms with Crippen molar-refractivity contribution in [2.75, 3.05) is 0 Å². The second kappa shape index (κ2) is 5.19. The van der Waals surface area contributed by atoms with Gasteiger partial charge in [-0.05, 0) is 13.0 Å². The zero-order valence-electron chi connectivity index (χ0n) is 10.3. The summed E-state index contributed by atoms with van der Waals surface area (Å²) in [4.78, 5) is 4.26. The fourth-order valence-corrected chi connectivity index (χ4v) is 2.04. The minimum atomic E-state index is -0.545. The lowest BCUT2D eigenvalue weighted by Crippen LogP contribution is -2.08. The van der Waals surface area contributed by atoms with E-state index in [-0.39, 0.29) is 0 Å². The molecular weight excluding hydrogens is 216 g/mol. The van der Waals surface area contributed by atoms with Crippen molar-refractivity contribution in [2.24, 2.45) is 0 Å². The van der Waals surface area contributed by atoms with Crippen molar-refractivity contribution in [3.63, 3.8) is 0 Å². The molecule has 0 spiro atoms. The maximum absolute atomic E-state index is 10.2. The second-order valence-corrected chi connectivity index (χ2v) is 4.00. The first-order chi connectivity index (χ1) is 8.26. The molecule has 0 aromatic carbocycles. The van der Waals surface area contributed by atoms with Gasteiger partial charge in [-0.25, -0.2) is 4.98 Å². The Morgan fingerprint density at radius 1 is 1.47 bits per heavy atom. The van der Waals surface area contributed by atoms with Crippen LogP contribution in [0, 0.1) is 0 Å². The van der Waals surface area contributed by atoms with Crippen LogP contribution < -0.4 is 0 Å². The summed E-state index contributed by atoms with van der Waals surface area (Å²) in [5, 5.41) is 10.2. The van der Waals surface area contributed by atoms with E-state index < -0.39 is 6.10 Å². The molecule has 0 fully saturated rings. The quantitative estimate of drug-likeness (QED) is 0.863. The summed E-state index contributed by atoms with van der Waals surface area (Å²) in [7, 11) is 0. The van der Waals surface area contributed by atoms with Gasteiger partial charge in [0.1, 0.15) is 11.6 Å². The molecule has 0 saturated carbocycles. The second-order valence-electron chi connectivity index (χ2n) is 4.00. The largest absolute Gasteiger partial charge is 0.469 e. The first-order valence-electron chi connectivity index (χ1n) is 6.00. The minimum Gasteiger partial charge on any atom is -0.469 e. The van der Waals surface area contributed by atoms with E-state index in [0.29, 0.717) is 6.42 Å². The van der Waals surface area contributed by atoms with Gasteiger partial charge in [0, 0.05) is 37.3 Å². The van der Waals surface area contributed by atoms with Crippen LogP contribution in [-0.4, -0.2) is 14.7 Å². The molecule has 0 saturated heterocycles. The molecule has 2 aromatic heterocycles. The van der Waals surface area contributed by atoms with Crippen LogP contribution in [0.3, 0.4) is 0 Å². The van der Waals surface area contributed by atoms with Crippen molar-refractivity contribution in [3.8, 4) is 0 Å². The summed E-state index contributed by atoms with van der Waals surface area (Å²) in [5.74, 6) is 1.76. The van der Waals surface area contributed by atoms with Gasteiger partial charge < -0.3 is 14.1 Å². The summed E-state index contributed by atoms with van der Waals surface area (Å²) in [6.07, 6.45) is 6.09. The molecule has 1 unspecified atom stereocenters. The zero-order chi connectivity index (χ0) is 12.3. The Bertz CT molecular complexity index is 473. The molecule has 92 valence electrons. The monoisotopic (exact) mass is 234 g/mol. The number of hydrogen-bond donors (Lipinski definition) is 1. The lowest BCUT2D eigenvalue weighted by atomic mass is 10.1. The first kappa shape index (κ1) is 11.9. The highest BCUT2D eigenvalue weighted by atomic mass is 16.3. The maximum atomic E-state index is 10.2. The average Bonchev–Trinajstić information content (AvgIpc) is 2.96. The SMILES string of the molecule is CCc1occc1C(O)Cc1nccn1CC. The van der Waals surface area contributed by atoms with Gasteiger partial charge in [-0.15, -0.1) is 0 Å². The van der Waals surface area contributed by atoms with Crippen molar-refractivity contribution >= 4 is 0 Å². The summed E-state index contributed by atoms with van der Waals surface area (Å²) in [6.45, 7) is 4.95. The topological polar surface area (TPSA) is 51.2 Å². The summed E-state index contributed by atoms with van der Waals surface area (Å²) >= 11 is 0. The summed E-state index contributed by atoms with van der Waals surface area (Å²) in [5.41, 5.74) is 0.873. The highest BCUT2D eigenvalue weighted by Gasteiger charge is 2.16. The maximum Gasteiger partial charge on any atom is 0.111 e. The number of imidazole rings is 1. The lowest BCUT2D eigenvalue weighted by Gasteiger charge is -2.11. The minimum absolute atomic E-state index is 0.521. The summed E-state index contributed by atoms with van der Waals surface area (Å²) < 4.78 is 7.36. The number of aromatic nitrogens is 2. The molecule has 4 heteroatoms. The average molecular weight is 234 g/mol. The van der Waals surface area contributed by atoms with E-state index in [1.165, 1.54) is 0 Å². The molecule has 1 atom stereocenters. The highest BCUT2D eigenvalue weighted by molar-refractivity contribution is 5.21. The molecule has 2 heterocycles. The van der Waals surface area contributed by atoms with Crippen LogP contribution in [0.15, 0.2) is 29.1 Å². The summed E-state index contributed by atoms with van der Waals surface area (Å²) in [6, 6.07) is 1.84. The molecule has 0 aliphatic heterocycles. The number of nitrogens with zero attached hydrogens (tertiary/aromatic N) is 2. The van der Waals surface area contributed by atoms with Gasteiger partial charge in [-0.2, -0.15) is 0 Å². The molecule has 0 aliphatic rings. The van der Waals surface area contributed by atoms with Crippen LogP contribution in [0.2, 0.25) is 0 Å². The van der Waals surface area contributed by atoms with Gasteiger partial charge in [0.15, 0.2) is 0 Å². The van der Waals surface area contributed by atoms with E-state index in [4.69, 9.17) is 4.42 Å². The van der Waals surface area contributed by atoms with Crippen LogP contribution >= 0.6 is 0 Å². The van der Waals surface area contributed by atoms with Crippen LogP contribution in [0.4, 0.5) is 0 Å². The predicted molar refractivity (Wildman–Crippen MR) is 64.7 cm³/mol. The number of aryl methyl sites for hydroxylation is 2. The molecular formula is C13H18N2O2. The van der Waals surface area contributed by atoms with Crippen molar-refractivity contribution in [3.05, 3.63) is 41.9 Å². The normalized spacial score (nSPS) is 12.9. The van der Waals surface area contributed by atoms with Crippen molar-refractivity contribution in [1.82, 2.24) is 9.55 Å². The molecule has 0 radical (unpaired) electrons. The van der Waals surface area contributed by atoms with E-state index in [2.05, 4.69) is 11.9 Å². The number of furan rings is 1. The van der Waals surface area contributed by atoms with E-state index in [1.807, 2.05) is 23.8 Å². The van der Waals surface area contributed by atoms with Crippen molar-refractivity contribution in [1.29, 1.82) is 0 Å². The first-order valence-corrected chi connectivity index (χ1v) is 6.00. The molecule has 4 nitrogen and oxygen atoms in total. The number of aliphatic hydroxyl groups excluding tert-OH is 1. The standard InChI is InChI=1S/C13H18N2O2/c1-3-12-10(5-8-17-12)11(16)9-13-14-6-7-15(13)4-2/h5-8,11,16H,3-4,9H2,1-2H3. The molecule has 17 heavy (non-hydrogen) atoms. The van der Waals surface area contributed by atoms with Gasteiger partial charge in [0.2, 0.25) is 0 Å². The Balaban J connectivity index is 2.14. The Kier molecular flexibility index (Phi) is 3.64. The Hall–Kier alpha value is -1.55. The lowest BCUT2D eigenvalue weighted by molar-refractivity contribution is 0.172. The van der Waals surface area contributed by atoms with Gasteiger partial charge >= 0.3 is 0 Å². The van der Waals surface area contributed by atoms with Crippen LogP contribution in [0.25, 0.3) is 0 Å². The number of rotatable bonds is 5. The molecule has 1 N–H and O–H groups in total. The molecule has 0 amide bonds. The van der Waals surface area contributed by atoms with Gasteiger partial charge in [0.05, 0.1) is 12.4 Å². The highest BCUT2D eigenvalue weighted by Crippen LogP contribution is 2.22. The van der Waals surface area contributed by atoms with Crippen LogP contribution in [0.5, 0.6) is 0 Å². The molecule has 0 aliphatic carbocycles. The third-order valence-corrected chi connectivity index (χ3v) is 2.98. The number of hydrogen-bond acceptors (Lipinski definition) is 3. The van der Waals surface area contributed by atoms with Gasteiger partial charge in [0.25, 0.3) is 0 Å². The van der Waals surface area contributed by atoms with Crippen LogP contribution in [-0.2, 0) is 19.4 Å². The Morgan fingerprint density at radius 2 is 2.29 bits per heavy atom. The predicted octanol–water partition coefficient (Wildman–Crippen LogP) is 2.33. The van der Waals surface area contributed by atoms with Gasteiger partial charge in [-0.3, -0.25) is 0 Å². The van der Waals surface area contributed by atoms with E-state index in [0.717, 1.165) is 30.1 Å². The third-order valence-electron chi connectivity index (χ3n) is 2.98. The fourth-order valence-electron chi connectivity index (χ4n) is 2.04. The molecule has 0 bridgehead atoms. The number of aliphatic hydroxyl groups is 1. The van der Waals surface area contributed by atoms with Crippen LogP contribution in [0.1, 0.15) is 37.1 Å². The van der Waals surface area contributed by atoms with E-state index in [9.17, 15) is 5.11 Å². The Labute approximate surface area is 101 Å². The smallest absolute Gasteiger partial charge is 0.111 e. The van der Waals surface area contributed by atoms with E-state index in [1.54, 1.807) is 12.5 Å². The third kappa shape index (κ3) is 2.42.